The lowest BCUT2D eigenvalue weighted by atomic mass is 10.1. The van der Waals surface area contributed by atoms with E-state index in [0.717, 1.165) is 23.1 Å². The third kappa shape index (κ3) is 3.31. The number of nitro groups is 1. The van der Waals surface area contributed by atoms with Crippen molar-refractivity contribution >= 4 is 35.0 Å². The summed E-state index contributed by atoms with van der Waals surface area (Å²) in [7, 11) is 0. The van der Waals surface area contributed by atoms with Crippen LogP contribution in [-0.2, 0) is 11.0 Å². The summed E-state index contributed by atoms with van der Waals surface area (Å²) < 4.78 is 39.3. The van der Waals surface area contributed by atoms with Crippen molar-refractivity contribution in [1.29, 1.82) is 0 Å². The van der Waals surface area contributed by atoms with Gasteiger partial charge in [-0.2, -0.15) is 13.2 Å². The van der Waals surface area contributed by atoms with Crippen LogP contribution in [-0.4, -0.2) is 57.4 Å². The zero-order valence-electron chi connectivity index (χ0n) is 17.2. The summed E-state index contributed by atoms with van der Waals surface area (Å²) in [4.78, 5) is 52.8. The number of carbonyl (C=O) groups is 3. The van der Waals surface area contributed by atoms with E-state index in [2.05, 4.69) is 5.32 Å². The molecule has 5 rings (SSSR count). The predicted molar refractivity (Wildman–Crippen MR) is 111 cm³/mol. The molecule has 1 N–H and O–H groups in total. The van der Waals surface area contributed by atoms with Crippen LogP contribution in [0.2, 0.25) is 0 Å². The van der Waals surface area contributed by atoms with Crippen molar-refractivity contribution in [3.8, 4) is 0 Å². The number of anilines is 2. The molecule has 0 spiro atoms. The minimum Gasteiger partial charge on any atom is -0.317 e. The lowest BCUT2D eigenvalue weighted by molar-refractivity contribution is -0.384. The number of urea groups is 2. The average molecular weight is 475 g/mol. The molecule has 0 aliphatic carbocycles. The topological polar surface area (TPSA) is 116 Å². The Morgan fingerprint density at radius 1 is 1.12 bits per heavy atom. The SMILES string of the molecule is O=C1[C@H]2C3CC(CN3C(=O)Nc3cccc([N+](=O)[O-])c3)N2C(=O)N1c1cccc(C(F)(F)F)c1. The van der Waals surface area contributed by atoms with Crippen molar-refractivity contribution in [2.75, 3.05) is 16.8 Å². The van der Waals surface area contributed by atoms with Gasteiger partial charge in [0.15, 0.2) is 0 Å². The van der Waals surface area contributed by atoms with Crippen LogP contribution in [0.5, 0.6) is 0 Å². The molecule has 2 bridgehead atoms. The number of alkyl halides is 3. The van der Waals surface area contributed by atoms with E-state index in [-0.39, 0.29) is 23.6 Å². The monoisotopic (exact) mass is 475 g/mol. The quantitative estimate of drug-likeness (QED) is 0.415. The fourth-order valence-corrected chi connectivity index (χ4v) is 4.84. The number of carbonyl (C=O) groups excluding carboxylic acids is 3. The number of hydrogen-bond acceptors (Lipinski definition) is 5. The maximum Gasteiger partial charge on any atom is 0.416 e. The number of imide groups is 1. The van der Waals surface area contributed by atoms with E-state index in [4.69, 9.17) is 0 Å². The number of non-ortho nitro benzene ring substituents is 1. The summed E-state index contributed by atoms with van der Waals surface area (Å²) >= 11 is 0. The van der Waals surface area contributed by atoms with Gasteiger partial charge < -0.3 is 15.1 Å². The number of amides is 5. The Kier molecular flexibility index (Phi) is 4.74. The van der Waals surface area contributed by atoms with E-state index in [0.29, 0.717) is 6.42 Å². The van der Waals surface area contributed by atoms with Crippen LogP contribution >= 0.6 is 0 Å². The molecule has 2 unspecified atom stereocenters. The molecule has 176 valence electrons. The van der Waals surface area contributed by atoms with Gasteiger partial charge in [0.25, 0.3) is 11.6 Å². The Balaban J connectivity index is 1.37. The first-order valence-corrected chi connectivity index (χ1v) is 10.2. The van der Waals surface area contributed by atoms with Crippen LogP contribution < -0.4 is 10.2 Å². The molecule has 13 heteroatoms. The van der Waals surface area contributed by atoms with Gasteiger partial charge in [0.2, 0.25) is 0 Å². The lowest BCUT2D eigenvalue weighted by Gasteiger charge is -2.34. The summed E-state index contributed by atoms with van der Waals surface area (Å²) in [5.41, 5.74) is -1.19. The first-order chi connectivity index (χ1) is 16.1. The van der Waals surface area contributed by atoms with E-state index in [1.54, 1.807) is 0 Å². The van der Waals surface area contributed by atoms with Crippen LogP contribution in [0.4, 0.5) is 39.8 Å². The van der Waals surface area contributed by atoms with Gasteiger partial charge in [0, 0.05) is 24.4 Å². The molecule has 0 radical (unpaired) electrons. The number of hydrogen-bond donors (Lipinski definition) is 1. The highest BCUT2D eigenvalue weighted by molar-refractivity contribution is 6.22. The molecule has 10 nitrogen and oxygen atoms in total. The molecule has 3 saturated heterocycles. The van der Waals surface area contributed by atoms with E-state index >= 15 is 0 Å². The average Bonchev–Trinajstić information content (AvgIpc) is 3.45. The highest BCUT2D eigenvalue weighted by atomic mass is 19.4. The number of nitrogens with one attached hydrogen (secondary N) is 1. The first kappa shape index (κ1) is 21.7. The van der Waals surface area contributed by atoms with E-state index in [1.165, 1.54) is 40.1 Å². The molecule has 3 fully saturated rings. The Bertz CT molecular complexity index is 1240. The minimum atomic E-state index is -4.64. The molecule has 3 aliphatic heterocycles. The predicted octanol–water partition coefficient (Wildman–Crippen LogP) is 3.44. The van der Waals surface area contributed by atoms with Gasteiger partial charge in [0.05, 0.1) is 28.3 Å². The zero-order valence-corrected chi connectivity index (χ0v) is 17.2. The molecule has 2 aromatic carbocycles. The molecule has 0 saturated carbocycles. The van der Waals surface area contributed by atoms with Gasteiger partial charge in [-0.25, -0.2) is 14.5 Å². The summed E-state index contributed by atoms with van der Waals surface area (Å²) in [5.74, 6) is -0.704. The smallest absolute Gasteiger partial charge is 0.317 e. The van der Waals surface area contributed by atoms with Crippen LogP contribution in [0.15, 0.2) is 48.5 Å². The third-order valence-corrected chi connectivity index (χ3v) is 6.27. The fourth-order valence-electron chi connectivity index (χ4n) is 4.84. The molecule has 2 aromatic rings. The van der Waals surface area contributed by atoms with E-state index in [1.807, 2.05) is 0 Å². The Morgan fingerprint density at radius 2 is 1.85 bits per heavy atom. The molecular weight excluding hydrogens is 459 g/mol. The summed E-state index contributed by atoms with van der Waals surface area (Å²) in [6.07, 6.45) is -4.29. The van der Waals surface area contributed by atoms with Crippen molar-refractivity contribution < 1.29 is 32.5 Å². The van der Waals surface area contributed by atoms with Crippen molar-refractivity contribution in [2.24, 2.45) is 0 Å². The Labute approximate surface area is 189 Å². The second-order valence-electron chi connectivity index (χ2n) is 8.20. The number of nitro benzene ring substituents is 1. The fraction of sp³-hybridized carbons (Fsp3) is 0.286. The molecule has 0 aromatic heterocycles. The summed E-state index contributed by atoms with van der Waals surface area (Å²) in [6, 6.07) is 5.85. The zero-order chi connectivity index (χ0) is 24.4. The molecule has 3 atom stereocenters. The first-order valence-electron chi connectivity index (χ1n) is 10.2. The van der Waals surface area contributed by atoms with Crippen LogP contribution in [0.1, 0.15) is 12.0 Å². The third-order valence-electron chi connectivity index (χ3n) is 6.27. The normalized spacial score (nSPS) is 23.5. The van der Waals surface area contributed by atoms with Crippen molar-refractivity contribution in [2.45, 2.75) is 30.7 Å². The number of halogens is 3. The van der Waals surface area contributed by atoms with Gasteiger partial charge in [-0.15, -0.1) is 0 Å². The number of piperazine rings is 1. The lowest BCUT2D eigenvalue weighted by Crippen LogP contribution is -2.55. The number of fused-ring (bicyclic) bond motifs is 5. The number of benzene rings is 2. The summed E-state index contributed by atoms with van der Waals surface area (Å²) in [6.45, 7) is 0.122. The second kappa shape index (κ2) is 7.43. The van der Waals surface area contributed by atoms with Gasteiger partial charge in [-0.3, -0.25) is 14.9 Å². The minimum absolute atomic E-state index is 0.122. The number of rotatable bonds is 3. The molecule has 5 amide bonds. The molecule has 3 aliphatic rings. The van der Waals surface area contributed by atoms with Crippen LogP contribution in [0.25, 0.3) is 0 Å². The Hall–Kier alpha value is -4.16. The summed E-state index contributed by atoms with van der Waals surface area (Å²) in [5, 5.41) is 13.5. The van der Waals surface area contributed by atoms with Crippen molar-refractivity contribution in [3.05, 3.63) is 64.2 Å². The maximum atomic E-state index is 13.1. The van der Waals surface area contributed by atoms with Gasteiger partial charge >= 0.3 is 18.2 Å². The highest BCUT2D eigenvalue weighted by Crippen LogP contribution is 2.43. The van der Waals surface area contributed by atoms with Gasteiger partial charge in [0.1, 0.15) is 6.04 Å². The van der Waals surface area contributed by atoms with Crippen LogP contribution in [0, 0.1) is 10.1 Å². The Morgan fingerprint density at radius 3 is 2.56 bits per heavy atom. The van der Waals surface area contributed by atoms with Crippen molar-refractivity contribution in [1.82, 2.24) is 9.80 Å². The molecule has 34 heavy (non-hydrogen) atoms. The van der Waals surface area contributed by atoms with E-state index < -0.39 is 52.8 Å². The number of nitrogens with zero attached hydrogens (tertiary/aromatic N) is 4. The standard InChI is InChI=1S/C21H16F3N5O5/c22-21(23,24)11-3-1-5-13(7-11)28-18(30)17-16-9-15(27(17)20(28)32)10-26(16)19(31)25-12-4-2-6-14(8-12)29(33)34/h1-8,15-17H,9-10H2,(H,25,31)/t15?,16?,17-/m1/s1. The largest absolute Gasteiger partial charge is 0.416 e. The molecular formula is C21H16F3N5O5. The van der Waals surface area contributed by atoms with Gasteiger partial charge in [-0.1, -0.05) is 12.1 Å². The van der Waals surface area contributed by atoms with E-state index in [9.17, 15) is 37.7 Å². The van der Waals surface area contributed by atoms with Gasteiger partial charge in [-0.05, 0) is 30.7 Å². The molecule has 3 heterocycles. The highest BCUT2D eigenvalue weighted by Gasteiger charge is 2.63. The number of likely N-dealkylation sites (tertiary alicyclic amines) is 1. The second-order valence-corrected chi connectivity index (χ2v) is 8.20. The van der Waals surface area contributed by atoms with Crippen molar-refractivity contribution in [3.63, 3.8) is 0 Å². The van der Waals surface area contributed by atoms with Crippen LogP contribution in [0.3, 0.4) is 0 Å². The maximum absolute atomic E-state index is 13.1.